The molecule has 0 radical (unpaired) electrons. The van der Waals surface area contributed by atoms with Crippen molar-refractivity contribution in [3.05, 3.63) is 5.56 Å². The third-order valence-corrected chi connectivity index (χ3v) is 3.92. The van der Waals surface area contributed by atoms with E-state index in [-0.39, 0.29) is 11.9 Å². The van der Waals surface area contributed by atoms with E-state index in [1.54, 1.807) is 0 Å². The third kappa shape index (κ3) is 3.83. The number of amides is 1. The molecule has 5 nitrogen and oxygen atoms in total. The van der Waals surface area contributed by atoms with E-state index < -0.39 is 0 Å². The number of nitrogen functional groups attached to an aromatic ring is 1. The number of nitrogens with one attached hydrogen (secondary N) is 2. The normalized spacial score (nSPS) is 16.4. The van der Waals surface area contributed by atoms with Gasteiger partial charge >= 0.3 is 0 Å². The minimum Gasteiger partial charge on any atom is -0.382 e. The summed E-state index contributed by atoms with van der Waals surface area (Å²) in [6.07, 6.45) is 3.80. The second-order valence-corrected chi connectivity index (χ2v) is 6.40. The highest BCUT2D eigenvalue weighted by Crippen LogP contribution is 2.35. The molecule has 19 heavy (non-hydrogen) atoms. The number of nitrogens with zero attached hydrogens (tertiary/aromatic N) is 1. The second kappa shape index (κ2) is 5.77. The SMILES string of the molecule is CC(C)NC(=O)c1c(N)nsc1NC(C)CC1CC1. The molecular weight excluding hydrogens is 260 g/mol. The summed E-state index contributed by atoms with van der Waals surface area (Å²) in [6, 6.07) is 0.432. The molecule has 0 bridgehead atoms. The second-order valence-electron chi connectivity index (χ2n) is 5.62. The molecule has 1 amide bonds. The molecule has 6 heteroatoms. The minimum atomic E-state index is -0.151. The Morgan fingerprint density at radius 1 is 1.47 bits per heavy atom. The van der Waals surface area contributed by atoms with Crippen molar-refractivity contribution in [2.24, 2.45) is 5.92 Å². The number of rotatable bonds is 6. The molecular formula is C13H22N4OS. The summed E-state index contributed by atoms with van der Waals surface area (Å²) in [7, 11) is 0. The summed E-state index contributed by atoms with van der Waals surface area (Å²) >= 11 is 1.26. The average Bonchev–Trinajstić information content (AvgIpc) is 3.01. The predicted molar refractivity (Wildman–Crippen MR) is 79.6 cm³/mol. The van der Waals surface area contributed by atoms with Gasteiger partial charge in [-0.1, -0.05) is 12.8 Å². The number of hydrogen-bond donors (Lipinski definition) is 3. The van der Waals surface area contributed by atoms with E-state index in [4.69, 9.17) is 5.73 Å². The highest BCUT2D eigenvalue weighted by atomic mass is 32.1. The van der Waals surface area contributed by atoms with Crippen LogP contribution in [-0.2, 0) is 0 Å². The number of aromatic nitrogens is 1. The molecule has 0 aromatic carbocycles. The van der Waals surface area contributed by atoms with Crippen molar-refractivity contribution in [1.29, 1.82) is 0 Å². The van der Waals surface area contributed by atoms with Crippen LogP contribution in [0.5, 0.6) is 0 Å². The van der Waals surface area contributed by atoms with Crippen molar-refractivity contribution < 1.29 is 4.79 Å². The van der Waals surface area contributed by atoms with Gasteiger partial charge in [0.2, 0.25) is 0 Å². The number of carbonyl (C=O) groups is 1. The Balaban J connectivity index is 2.05. The van der Waals surface area contributed by atoms with Gasteiger partial charge in [-0.3, -0.25) is 4.79 Å². The van der Waals surface area contributed by atoms with Gasteiger partial charge in [0, 0.05) is 12.1 Å². The van der Waals surface area contributed by atoms with Gasteiger partial charge < -0.3 is 16.4 Å². The highest BCUT2D eigenvalue weighted by Gasteiger charge is 2.25. The van der Waals surface area contributed by atoms with Gasteiger partial charge in [0.15, 0.2) is 5.82 Å². The van der Waals surface area contributed by atoms with Gasteiger partial charge in [-0.15, -0.1) is 0 Å². The zero-order chi connectivity index (χ0) is 14.0. The van der Waals surface area contributed by atoms with E-state index in [1.807, 2.05) is 13.8 Å². The van der Waals surface area contributed by atoms with Gasteiger partial charge in [0.05, 0.1) is 0 Å². The fourth-order valence-corrected chi connectivity index (χ4v) is 2.91. The number of carbonyl (C=O) groups excluding carboxylic acids is 1. The number of hydrogen-bond acceptors (Lipinski definition) is 5. The minimum absolute atomic E-state index is 0.0866. The van der Waals surface area contributed by atoms with E-state index in [2.05, 4.69) is 21.9 Å². The van der Waals surface area contributed by atoms with Crippen LogP contribution in [0.1, 0.15) is 50.4 Å². The first-order valence-corrected chi connectivity index (χ1v) is 7.57. The lowest BCUT2D eigenvalue weighted by Gasteiger charge is -2.15. The lowest BCUT2D eigenvalue weighted by Crippen LogP contribution is -2.31. The Morgan fingerprint density at radius 3 is 2.74 bits per heavy atom. The van der Waals surface area contributed by atoms with Gasteiger partial charge in [0.1, 0.15) is 10.6 Å². The number of anilines is 2. The maximum atomic E-state index is 12.1. The van der Waals surface area contributed by atoms with Crippen LogP contribution in [0.3, 0.4) is 0 Å². The Labute approximate surface area is 118 Å². The molecule has 0 spiro atoms. The highest BCUT2D eigenvalue weighted by molar-refractivity contribution is 7.11. The Hall–Kier alpha value is -1.30. The summed E-state index contributed by atoms with van der Waals surface area (Å²) in [5.74, 6) is 1.01. The first kappa shape index (κ1) is 14.1. The van der Waals surface area contributed by atoms with Gasteiger partial charge in [-0.05, 0) is 44.6 Å². The maximum Gasteiger partial charge on any atom is 0.258 e. The zero-order valence-corrected chi connectivity index (χ0v) is 12.5. The maximum absolute atomic E-state index is 12.1. The Bertz CT molecular complexity index is 453. The van der Waals surface area contributed by atoms with E-state index in [0.29, 0.717) is 17.4 Å². The van der Waals surface area contributed by atoms with Crippen molar-refractivity contribution in [2.75, 3.05) is 11.1 Å². The molecule has 1 aromatic heterocycles. The van der Waals surface area contributed by atoms with E-state index in [1.165, 1.54) is 24.4 Å². The molecule has 1 aliphatic carbocycles. The van der Waals surface area contributed by atoms with Crippen LogP contribution in [0.4, 0.5) is 10.8 Å². The van der Waals surface area contributed by atoms with Crippen molar-refractivity contribution in [3.8, 4) is 0 Å². The van der Waals surface area contributed by atoms with Crippen LogP contribution < -0.4 is 16.4 Å². The zero-order valence-electron chi connectivity index (χ0n) is 11.7. The standard InChI is InChI=1S/C13H22N4OS/c1-7(2)15-12(18)10-11(14)17-19-13(10)16-8(3)6-9-4-5-9/h7-9,16H,4-6H2,1-3H3,(H2,14,17)(H,15,18). The van der Waals surface area contributed by atoms with Crippen LogP contribution in [0.25, 0.3) is 0 Å². The monoisotopic (exact) mass is 282 g/mol. The van der Waals surface area contributed by atoms with Crippen molar-refractivity contribution in [3.63, 3.8) is 0 Å². The molecule has 4 N–H and O–H groups in total. The lowest BCUT2D eigenvalue weighted by atomic mass is 10.1. The van der Waals surface area contributed by atoms with Gasteiger partial charge in [-0.2, -0.15) is 4.37 Å². The molecule has 1 atom stereocenters. The average molecular weight is 282 g/mol. The van der Waals surface area contributed by atoms with Crippen LogP contribution >= 0.6 is 11.5 Å². The lowest BCUT2D eigenvalue weighted by molar-refractivity contribution is 0.0945. The molecule has 106 valence electrons. The van der Waals surface area contributed by atoms with Crippen LogP contribution in [-0.4, -0.2) is 22.4 Å². The van der Waals surface area contributed by atoms with Crippen LogP contribution in [0.15, 0.2) is 0 Å². The molecule has 1 aliphatic rings. The Morgan fingerprint density at radius 2 is 2.16 bits per heavy atom. The predicted octanol–water partition coefficient (Wildman–Crippen LogP) is 2.46. The van der Waals surface area contributed by atoms with Gasteiger partial charge in [0.25, 0.3) is 5.91 Å². The van der Waals surface area contributed by atoms with Gasteiger partial charge in [-0.25, -0.2) is 0 Å². The molecule has 0 saturated heterocycles. The Kier molecular flexibility index (Phi) is 4.29. The summed E-state index contributed by atoms with van der Waals surface area (Å²) in [4.78, 5) is 12.1. The van der Waals surface area contributed by atoms with E-state index in [9.17, 15) is 4.79 Å². The topological polar surface area (TPSA) is 80.0 Å². The first-order chi connectivity index (χ1) is 8.97. The third-order valence-electron chi connectivity index (χ3n) is 3.13. The molecule has 1 aromatic rings. The molecule has 0 aliphatic heterocycles. The van der Waals surface area contributed by atoms with Crippen molar-refractivity contribution in [1.82, 2.24) is 9.69 Å². The number of nitrogens with two attached hydrogens (primary N) is 1. The summed E-state index contributed by atoms with van der Waals surface area (Å²) in [6.45, 7) is 5.99. The van der Waals surface area contributed by atoms with E-state index >= 15 is 0 Å². The summed E-state index contributed by atoms with van der Waals surface area (Å²) < 4.78 is 4.09. The molecule has 1 fully saturated rings. The van der Waals surface area contributed by atoms with Crippen molar-refractivity contribution >= 4 is 28.3 Å². The molecule has 1 heterocycles. The fourth-order valence-electron chi connectivity index (χ4n) is 2.09. The van der Waals surface area contributed by atoms with Crippen molar-refractivity contribution in [2.45, 2.75) is 52.1 Å². The fraction of sp³-hybridized carbons (Fsp3) is 0.692. The summed E-state index contributed by atoms with van der Waals surface area (Å²) in [5, 5.41) is 7.01. The largest absolute Gasteiger partial charge is 0.382 e. The van der Waals surface area contributed by atoms with E-state index in [0.717, 1.165) is 17.3 Å². The van der Waals surface area contributed by atoms with Crippen LogP contribution in [0, 0.1) is 5.92 Å². The first-order valence-electron chi connectivity index (χ1n) is 6.80. The molecule has 1 unspecified atom stereocenters. The molecule has 2 rings (SSSR count). The van der Waals surface area contributed by atoms with Crippen LogP contribution in [0.2, 0.25) is 0 Å². The summed E-state index contributed by atoms with van der Waals surface area (Å²) in [5.41, 5.74) is 6.29. The molecule has 1 saturated carbocycles. The quantitative estimate of drug-likeness (QED) is 0.749. The smallest absolute Gasteiger partial charge is 0.258 e.